The molecule has 0 amide bonds. The summed E-state index contributed by atoms with van der Waals surface area (Å²) in [7, 11) is 0. The number of hydrogen-bond acceptors (Lipinski definition) is 7. The molecule has 1 aromatic carbocycles. The number of alkyl halides is 1. The number of nitrogens with zero attached hydrogens (tertiary/aromatic N) is 2. The van der Waals surface area contributed by atoms with Gasteiger partial charge in [-0.25, -0.2) is 18.7 Å². The van der Waals surface area contributed by atoms with Crippen molar-refractivity contribution in [3.8, 4) is 5.75 Å². The Hall–Kier alpha value is -2.14. The summed E-state index contributed by atoms with van der Waals surface area (Å²) in [4.78, 5) is 12.0. The van der Waals surface area contributed by atoms with Gasteiger partial charge in [-0.1, -0.05) is 25.4 Å². The van der Waals surface area contributed by atoms with E-state index in [9.17, 15) is 19.0 Å². The Labute approximate surface area is 174 Å². The van der Waals surface area contributed by atoms with Gasteiger partial charge in [-0.15, -0.1) is 0 Å². The van der Waals surface area contributed by atoms with Crippen LogP contribution in [0.2, 0.25) is 5.02 Å². The third-order valence-electron chi connectivity index (χ3n) is 4.27. The maximum atomic E-state index is 14.1. The number of halogens is 3. The number of aromatic nitrogens is 3. The molecule has 1 atom stereocenters. The van der Waals surface area contributed by atoms with Gasteiger partial charge in [0.1, 0.15) is 0 Å². The third-order valence-corrected chi connectivity index (χ3v) is 5.40. The predicted molar refractivity (Wildman–Crippen MR) is 107 cm³/mol. The van der Waals surface area contributed by atoms with E-state index in [2.05, 4.69) is 19.7 Å². The number of hydrogen-bond donors (Lipinski definition) is 4. The Balaban J connectivity index is 1.84. The Morgan fingerprint density at radius 2 is 2.17 bits per heavy atom. The molecule has 156 valence electrons. The Kier molecular flexibility index (Phi) is 6.47. The minimum absolute atomic E-state index is 0.0260. The molecule has 2 heterocycles. The Morgan fingerprint density at radius 3 is 2.86 bits per heavy atom. The van der Waals surface area contributed by atoms with Crippen molar-refractivity contribution < 1.29 is 23.7 Å². The molecule has 0 bridgehead atoms. The summed E-state index contributed by atoms with van der Waals surface area (Å²) >= 11 is 6.95. The smallest absolute Gasteiger partial charge is 0.352 e. The molecule has 2 aromatic heterocycles. The minimum Gasteiger partial charge on any atom is -0.434 e. The first-order valence-corrected chi connectivity index (χ1v) is 9.89. The standard InChI is InChI=1S/C18H19ClF2N4O3S/c1-3-9(2)15-12(28-18(26,27)8-20)6-23-17(24-15)25-29-13-7-22-16-10(13)4-5-11(19)14(16)21/h4-7,9,22,26-27H,3,8H2,1-2H3,(H,23,24,25). The maximum absolute atomic E-state index is 14.1. The van der Waals surface area contributed by atoms with E-state index in [1.54, 1.807) is 12.3 Å². The van der Waals surface area contributed by atoms with Crippen molar-refractivity contribution in [2.45, 2.75) is 37.1 Å². The second-order valence-electron chi connectivity index (χ2n) is 6.37. The zero-order valence-corrected chi connectivity index (χ0v) is 17.1. The summed E-state index contributed by atoms with van der Waals surface area (Å²) in [6.45, 7) is 2.28. The lowest BCUT2D eigenvalue weighted by molar-refractivity contribution is -0.298. The van der Waals surface area contributed by atoms with Gasteiger partial charge in [-0.3, -0.25) is 4.72 Å². The van der Waals surface area contributed by atoms with Crippen LogP contribution in [0, 0.1) is 5.82 Å². The van der Waals surface area contributed by atoms with E-state index in [-0.39, 0.29) is 22.6 Å². The SMILES string of the molecule is CCC(C)c1nc(NSc2c[nH]c3c(F)c(Cl)ccc23)ncc1OC(O)(O)CF. The molecule has 1 unspecified atom stereocenters. The van der Waals surface area contributed by atoms with Crippen LogP contribution in [-0.4, -0.2) is 37.8 Å². The lowest BCUT2D eigenvalue weighted by Gasteiger charge is -2.22. The Morgan fingerprint density at radius 1 is 1.41 bits per heavy atom. The lowest BCUT2D eigenvalue weighted by Crippen LogP contribution is -2.38. The van der Waals surface area contributed by atoms with Gasteiger partial charge in [0.25, 0.3) is 0 Å². The molecule has 3 aromatic rings. The van der Waals surface area contributed by atoms with Gasteiger partial charge < -0.3 is 19.9 Å². The summed E-state index contributed by atoms with van der Waals surface area (Å²) in [5.74, 6) is -3.40. The van der Waals surface area contributed by atoms with E-state index in [0.717, 1.165) is 11.9 Å². The molecule has 0 aliphatic heterocycles. The van der Waals surface area contributed by atoms with Gasteiger partial charge in [0.15, 0.2) is 18.2 Å². The second-order valence-corrected chi connectivity index (χ2v) is 7.63. The van der Waals surface area contributed by atoms with Crippen LogP contribution in [0.5, 0.6) is 5.75 Å². The molecular formula is C18H19ClF2N4O3S. The number of anilines is 1. The number of ether oxygens (including phenoxy) is 1. The fraction of sp³-hybridized carbons (Fsp3) is 0.333. The van der Waals surface area contributed by atoms with Crippen LogP contribution in [0.3, 0.4) is 0 Å². The average Bonchev–Trinajstić information content (AvgIpc) is 3.12. The normalized spacial score (nSPS) is 12.9. The molecule has 0 saturated heterocycles. The van der Waals surface area contributed by atoms with Crippen molar-refractivity contribution in [1.29, 1.82) is 0 Å². The number of H-pyrrole nitrogens is 1. The molecule has 0 radical (unpaired) electrons. The van der Waals surface area contributed by atoms with Crippen molar-refractivity contribution >= 4 is 40.4 Å². The highest BCUT2D eigenvalue weighted by molar-refractivity contribution is 8.00. The zero-order valence-electron chi connectivity index (χ0n) is 15.5. The van der Waals surface area contributed by atoms with Crippen LogP contribution in [0.15, 0.2) is 29.4 Å². The van der Waals surface area contributed by atoms with Crippen LogP contribution in [0.1, 0.15) is 31.9 Å². The number of aromatic amines is 1. The topological polar surface area (TPSA) is 103 Å². The van der Waals surface area contributed by atoms with Gasteiger partial charge in [0.05, 0.1) is 27.3 Å². The first-order chi connectivity index (χ1) is 13.8. The average molecular weight is 445 g/mol. The van der Waals surface area contributed by atoms with Crippen molar-refractivity contribution in [2.24, 2.45) is 0 Å². The largest absolute Gasteiger partial charge is 0.434 e. The highest BCUT2D eigenvalue weighted by Gasteiger charge is 2.28. The van der Waals surface area contributed by atoms with Crippen LogP contribution >= 0.6 is 23.5 Å². The maximum Gasteiger partial charge on any atom is 0.352 e. The highest BCUT2D eigenvalue weighted by Crippen LogP contribution is 2.33. The van der Waals surface area contributed by atoms with E-state index < -0.39 is 18.5 Å². The summed E-state index contributed by atoms with van der Waals surface area (Å²) in [6.07, 6.45) is 3.55. The van der Waals surface area contributed by atoms with Crippen molar-refractivity contribution in [3.05, 3.63) is 41.1 Å². The molecule has 11 heteroatoms. The van der Waals surface area contributed by atoms with Crippen molar-refractivity contribution in [1.82, 2.24) is 15.0 Å². The quantitative estimate of drug-likeness (QED) is 0.302. The second kappa shape index (κ2) is 8.70. The number of nitrogens with one attached hydrogen (secondary N) is 2. The van der Waals surface area contributed by atoms with E-state index in [1.807, 2.05) is 13.8 Å². The number of rotatable bonds is 8. The fourth-order valence-electron chi connectivity index (χ4n) is 2.56. The zero-order chi connectivity index (χ0) is 21.2. The summed E-state index contributed by atoms with van der Waals surface area (Å²) in [5, 5.41) is 19.5. The van der Waals surface area contributed by atoms with E-state index in [0.29, 0.717) is 27.9 Å². The molecule has 3 rings (SSSR count). The van der Waals surface area contributed by atoms with E-state index >= 15 is 0 Å². The van der Waals surface area contributed by atoms with Gasteiger partial charge in [0, 0.05) is 17.5 Å². The van der Waals surface area contributed by atoms with Crippen molar-refractivity contribution in [2.75, 3.05) is 11.4 Å². The number of benzene rings is 1. The van der Waals surface area contributed by atoms with E-state index in [1.165, 1.54) is 12.3 Å². The first-order valence-electron chi connectivity index (χ1n) is 8.70. The van der Waals surface area contributed by atoms with Gasteiger partial charge in [0.2, 0.25) is 5.95 Å². The highest BCUT2D eigenvalue weighted by atomic mass is 35.5. The third kappa shape index (κ3) is 4.72. The molecule has 29 heavy (non-hydrogen) atoms. The minimum atomic E-state index is -2.95. The van der Waals surface area contributed by atoms with Gasteiger partial charge in [-0.05, 0) is 30.5 Å². The van der Waals surface area contributed by atoms with Crippen LogP contribution in [-0.2, 0) is 0 Å². The van der Waals surface area contributed by atoms with Gasteiger partial charge in [-0.2, -0.15) is 0 Å². The Bertz CT molecular complexity index is 1020. The predicted octanol–water partition coefficient (Wildman–Crippen LogP) is 4.37. The molecular weight excluding hydrogens is 426 g/mol. The molecule has 0 spiro atoms. The molecule has 0 saturated carbocycles. The van der Waals surface area contributed by atoms with Crippen LogP contribution < -0.4 is 9.46 Å². The van der Waals surface area contributed by atoms with Crippen LogP contribution in [0.25, 0.3) is 10.9 Å². The molecule has 0 fully saturated rings. The fourth-order valence-corrected chi connectivity index (χ4v) is 3.41. The number of fused-ring (bicyclic) bond motifs is 1. The lowest BCUT2D eigenvalue weighted by atomic mass is 10.0. The van der Waals surface area contributed by atoms with Crippen LogP contribution in [0.4, 0.5) is 14.7 Å². The van der Waals surface area contributed by atoms with Crippen molar-refractivity contribution in [3.63, 3.8) is 0 Å². The first kappa shape index (κ1) is 21.6. The summed E-state index contributed by atoms with van der Waals surface area (Å²) < 4.78 is 34.6. The monoisotopic (exact) mass is 444 g/mol. The molecule has 4 N–H and O–H groups in total. The molecule has 0 aliphatic rings. The van der Waals surface area contributed by atoms with E-state index in [4.69, 9.17) is 16.3 Å². The molecule has 7 nitrogen and oxygen atoms in total. The summed E-state index contributed by atoms with van der Waals surface area (Å²) in [6, 6.07) is 3.17. The summed E-state index contributed by atoms with van der Waals surface area (Å²) in [5.41, 5.74) is 0.684. The number of aliphatic hydroxyl groups is 2. The molecule has 0 aliphatic carbocycles. The van der Waals surface area contributed by atoms with Gasteiger partial charge >= 0.3 is 5.97 Å².